The molecule has 108 valence electrons. The van der Waals surface area contributed by atoms with Crippen molar-refractivity contribution in [2.45, 2.75) is 44.7 Å². The van der Waals surface area contributed by atoms with Crippen LogP contribution in [0.3, 0.4) is 0 Å². The van der Waals surface area contributed by atoms with Gasteiger partial charge in [0.25, 0.3) is 0 Å². The summed E-state index contributed by atoms with van der Waals surface area (Å²) in [6, 6.07) is -1.57. The third-order valence-corrected chi connectivity index (χ3v) is 2.64. The van der Waals surface area contributed by atoms with Crippen molar-refractivity contribution >= 4 is 12.0 Å². The Balaban J connectivity index is 4.23. The topological polar surface area (TPSA) is 87.7 Å². The highest BCUT2D eigenvalue weighted by Gasteiger charge is 2.20. The van der Waals surface area contributed by atoms with Crippen molar-refractivity contribution in [3.05, 3.63) is 0 Å². The standard InChI is InChI=1S/C13H22N2O4/c1-4-7-10(5-2)14-13(18)15-11(12(16)17)8-6-9-19-3/h1,10-11H,5-9H2,2-3H3,(H,16,17)(H2,14,15,18). The number of carbonyl (C=O) groups excluding carboxylic acids is 1. The zero-order chi connectivity index (χ0) is 14.7. The molecule has 0 radical (unpaired) electrons. The van der Waals surface area contributed by atoms with Gasteiger partial charge in [0.15, 0.2) is 0 Å². The zero-order valence-corrected chi connectivity index (χ0v) is 11.4. The van der Waals surface area contributed by atoms with Gasteiger partial charge in [0.05, 0.1) is 0 Å². The van der Waals surface area contributed by atoms with Crippen molar-refractivity contribution < 1.29 is 19.4 Å². The van der Waals surface area contributed by atoms with Crippen molar-refractivity contribution in [2.24, 2.45) is 0 Å². The van der Waals surface area contributed by atoms with Gasteiger partial charge < -0.3 is 20.5 Å². The molecule has 0 saturated carbocycles. The number of methoxy groups -OCH3 is 1. The molecule has 2 unspecified atom stereocenters. The minimum absolute atomic E-state index is 0.140. The Morgan fingerprint density at radius 3 is 2.58 bits per heavy atom. The molecule has 0 aliphatic heterocycles. The Bertz CT molecular complexity index is 325. The molecule has 0 heterocycles. The first-order valence-electron chi connectivity index (χ1n) is 6.27. The van der Waals surface area contributed by atoms with Crippen LogP contribution in [0.25, 0.3) is 0 Å². The Morgan fingerprint density at radius 2 is 2.11 bits per heavy atom. The number of hydrogen-bond acceptors (Lipinski definition) is 3. The van der Waals surface area contributed by atoms with Crippen molar-refractivity contribution in [1.82, 2.24) is 10.6 Å². The number of terminal acetylenes is 1. The van der Waals surface area contributed by atoms with Crippen LogP contribution in [0, 0.1) is 12.3 Å². The van der Waals surface area contributed by atoms with E-state index in [2.05, 4.69) is 16.6 Å². The second kappa shape index (κ2) is 10.2. The van der Waals surface area contributed by atoms with E-state index in [1.807, 2.05) is 6.92 Å². The first-order chi connectivity index (χ1) is 9.04. The summed E-state index contributed by atoms with van der Waals surface area (Å²) in [4.78, 5) is 22.6. The fourth-order valence-corrected chi connectivity index (χ4v) is 1.51. The molecule has 0 aromatic heterocycles. The summed E-state index contributed by atoms with van der Waals surface area (Å²) < 4.78 is 4.85. The Morgan fingerprint density at radius 1 is 1.42 bits per heavy atom. The average molecular weight is 270 g/mol. The number of nitrogens with one attached hydrogen (secondary N) is 2. The minimum Gasteiger partial charge on any atom is -0.480 e. The van der Waals surface area contributed by atoms with E-state index in [1.54, 1.807) is 7.11 Å². The van der Waals surface area contributed by atoms with Crippen LogP contribution in [0.1, 0.15) is 32.6 Å². The first-order valence-corrected chi connectivity index (χ1v) is 6.27. The van der Waals surface area contributed by atoms with E-state index < -0.39 is 18.0 Å². The molecular formula is C13H22N2O4. The highest BCUT2D eigenvalue weighted by atomic mass is 16.5. The first kappa shape index (κ1) is 17.3. The maximum atomic E-state index is 11.6. The monoisotopic (exact) mass is 270 g/mol. The van der Waals surface area contributed by atoms with Crippen molar-refractivity contribution in [2.75, 3.05) is 13.7 Å². The summed E-state index contributed by atoms with van der Waals surface area (Å²) in [6.45, 7) is 2.36. The molecule has 0 aliphatic carbocycles. The summed E-state index contributed by atoms with van der Waals surface area (Å²) in [6.07, 6.45) is 7.18. The SMILES string of the molecule is C#CCC(CC)NC(=O)NC(CCCOC)C(=O)O. The summed E-state index contributed by atoms with van der Waals surface area (Å²) in [5.74, 6) is 1.41. The summed E-state index contributed by atoms with van der Waals surface area (Å²) in [7, 11) is 1.54. The second-order valence-corrected chi connectivity index (χ2v) is 4.16. The van der Waals surface area contributed by atoms with Crippen molar-refractivity contribution in [3.63, 3.8) is 0 Å². The predicted octanol–water partition coefficient (Wildman–Crippen LogP) is 0.967. The molecule has 0 spiro atoms. The van der Waals surface area contributed by atoms with Crippen LogP contribution in [-0.2, 0) is 9.53 Å². The van der Waals surface area contributed by atoms with Gasteiger partial charge in [-0.2, -0.15) is 0 Å². The molecule has 6 heteroatoms. The molecule has 0 fully saturated rings. The lowest BCUT2D eigenvalue weighted by atomic mass is 10.1. The number of hydrogen-bond donors (Lipinski definition) is 3. The number of ether oxygens (including phenoxy) is 1. The van der Waals surface area contributed by atoms with E-state index in [0.29, 0.717) is 32.3 Å². The molecule has 0 aromatic rings. The maximum Gasteiger partial charge on any atom is 0.326 e. The van der Waals surface area contributed by atoms with Crippen LogP contribution in [0.4, 0.5) is 4.79 Å². The van der Waals surface area contributed by atoms with Gasteiger partial charge >= 0.3 is 12.0 Å². The molecule has 19 heavy (non-hydrogen) atoms. The quantitative estimate of drug-likeness (QED) is 0.430. The predicted molar refractivity (Wildman–Crippen MR) is 71.7 cm³/mol. The lowest BCUT2D eigenvalue weighted by Gasteiger charge is -2.18. The lowest BCUT2D eigenvalue weighted by molar-refractivity contribution is -0.139. The van der Waals surface area contributed by atoms with Crippen molar-refractivity contribution in [1.29, 1.82) is 0 Å². The fourth-order valence-electron chi connectivity index (χ4n) is 1.51. The maximum absolute atomic E-state index is 11.6. The molecule has 2 amide bonds. The fraction of sp³-hybridized carbons (Fsp3) is 0.692. The highest BCUT2D eigenvalue weighted by Crippen LogP contribution is 2.00. The summed E-state index contributed by atoms with van der Waals surface area (Å²) >= 11 is 0. The molecule has 0 saturated heterocycles. The molecule has 3 N–H and O–H groups in total. The summed E-state index contributed by atoms with van der Waals surface area (Å²) in [5.41, 5.74) is 0. The third-order valence-electron chi connectivity index (χ3n) is 2.64. The van der Waals surface area contributed by atoms with E-state index in [0.717, 1.165) is 0 Å². The number of aliphatic carboxylic acids is 1. The number of amides is 2. The molecule has 0 rings (SSSR count). The number of carbonyl (C=O) groups is 2. The van der Waals surface area contributed by atoms with Crippen molar-refractivity contribution in [3.8, 4) is 12.3 Å². The van der Waals surface area contributed by atoms with Gasteiger partial charge in [-0.15, -0.1) is 12.3 Å². The molecule has 6 nitrogen and oxygen atoms in total. The molecule has 0 aliphatic rings. The van der Waals surface area contributed by atoms with Crippen LogP contribution >= 0.6 is 0 Å². The van der Waals surface area contributed by atoms with Crippen LogP contribution in [0.5, 0.6) is 0 Å². The molecule has 2 atom stereocenters. The van der Waals surface area contributed by atoms with Gasteiger partial charge in [-0.3, -0.25) is 0 Å². The Kier molecular flexibility index (Phi) is 9.27. The van der Waals surface area contributed by atoms with Gasteiger partial charge in [0, 0.05) is 26.2 Å². The van der Waals surface area contributed by atoms with Crippen LogP contribution in [-0.4, -0.2) is 42.9 Å². The van der Waals surface area contributed by atoms with Gasteiger partial charge in [0.2, 0.25) is 0 Å². The van der Waals surface area contributed by atoms with E-state index in [4.69, 9.17) is 16.3 Å². The van der Waals surface area contributed by atoms with Gasteiger partial charge in [-0.25, -0.2) is 9.59 Å². The van der Waals surface area contributed by atoms with Gasteiger partial charge in [0.1, 0.15) is 6.04 Å². The van der Waals surface area contributed by atoms with E-state index in [1.165, 1.54) is 0 Å². The zero-order valence-electron chi connectivity index (χ0n) is 11.4. The number of urea groups is 1. The second-order valence-electron chi connectivity index (χ2n) is 4.16. The normalized spacial score (nSPS) is 13.1. The molecule has 0 bridgehead atoms. The van der Waals surface area contributed by atoms with E-state index in [-0.39, 0.29) is 6.04 Å². The van der Waals surface area contributed by atoms with Crippen LogP contribution in [0.2, 0.25) is 0 Å². The highest BCUT2D eigenvalue weighted by molar-refractivity contribution is 5.82. The summed E-state index contributed by atoms with van der Waals surface area (Å²) in [5, 5.41) is 14.1. The Hall–Kier alpha value is -1.74. The van der Waals surface area contributed by atoms with E-state index >= 15 is 0 Å². The largest absolute Gasteiger partial charge is 0.480 e. The lowest BCUT2D eigenvalue weighted by Crippen LogP contribution is -2.48. The number of carboxylic acids is 1. The minimum atomic E-state index is -1.06. The van der Waals surface area contributed by atoms with Crippen LogP contribution in [0.15, 0.2) is 0 Å². The van der Waals surface area contributed by atoms with E-state index in [9.17, 15) is 9.59 Å². The molecular weight excluding hydrogens is 248 g/mol. The third kappa shape index (κ3) is 8.06. The van der Waals surface area contributed by atoms with Gasteiger partial charge in [-0.05, 0) is 19.3 Å². The number of rotatable bonds is 9. The van der Waals surface area contributed by atoms with Gasteiger partial charge in [-0.1, -0.05) is 6.92 Å². The van der Waals surface area contributed by atoms with Crippen LogP contribution < -0.4 is 10.6 Å². The average Bonchev–Trinajstić information content (AvgIpc) is 2.37. The number of carboxylic acid groups (broad SMARTS) is 1. The Labute approximate surface area is 113 Å². The molecule has 0 aromatic carbocycles. The smallest absolute Gasteiger partial charge is 0.326 e.